The van der Waals surface area contributed by atoms with Crippen LogP contribution in [0, 0.1) is 19.7 Å². The Labute approximate surface area is 222 Å². The number of aliphatic carboxylic acids is 1. The molecule has 2 aliphatic rings. The molecule has 1 aliphatic carbocycles. The first kappa shape index (κ1) is 26.0. The largest absolute Gasteiger partial charge is 0.492 e. The van der Waals surface area contributed by atoms with E-state index in [9.17, 15) is 9.90 Å². The lowest BCUT2D eigenvalue weighted by atomic mass is 9.90. The minimum atomic E-state index is -0.859. The summed E-state index contributed by atoms with van der Waals surface area (Å²) in [5.74, 6) is 0.559. The number of carbonyl (C=O) groups is 1. The average molecular weight is 521 g/mol. The number of ether oxygens (including phenoxy) is 3. The number of aliphatic hydroxyl groups excluding tert-OH is 1. The predicted molar refractivity (Wildman–Crippen MR) is 142 cm³/mol. The van der Waals surface area contributed by atoms with Crippen LogP contribution in [0.4, 0.5) is 4.39 Å². The van der Waals surface area contributed by atoms with Crippen LogP contribution in [0.1, 0.15) is 66.5 Å². The number of aryl methyl sites for hydroxylation is 2. The van der Waals surface area contributed by atoms with Gasteiger partial charge in [-0.25, -0.2) is 4.39 Å². The molecule has 7 heteroatoms. The number of benzene rings is 3. The van der Waals surface area contributed by atoms with Gasteiger partial charge >= 0.3 is 5.97 Å². The summed E-state index contributed by atoms with van der Waals surface area (Å²) in [7, 11) is 0. The Hall–Kier alpha value is -3.58. The quantitative estimate of drug-likeness (QED) is 0.364. The smallest absolute Gasteiger partial charge is 0.304 e. The zero-order valence-electron chi connectivity index (χ0n) is 22.1. The summed E-state index contributed by atoms with van der Waals surface area (Å²) in [6.07, 6.45) is 0.909. The fourth-order valence-electron chi connectivity index (χ4n) is 5.66. The molecule has 0 saturated heterocycles. The summed E-state index contributed by atoms with van der Waals surface area (Å²) in [6, 6.07) is 12.7. The highest BCUT2D eigenvalue weighted by molar-refractivity contribution is 5.76. The van der Waals surface area contributed by atoms with Crippen LogP contribution in [0.15, 0.2) is 42.5 Å². The van der Waals surface area contributed by atoms with E-state index in [-0.39, 0.29) is 24.8 Å². The molecule has 3 aromatic carbocycles. The van der Waals surface area contributed by atoms with Crippen LogP contribution < -0.4 is 14.2 Å². The number of aliphatic hydroxyl groups is 1. The van der Waals surface area contributed by atoms with Crippen molar-refractivity contribution in [2.75, 3.05) is 13.2 Å². The Morgan fingerprint density at radius 3 is 2.53 bits per heavy atom. The number of hydrogen-bond acceptors (Lipinski definition) is 5. The lowest BCUT2D eigenvalue weighted by Crippen LogP contribution is -2.32. The third-order valence-electron chi connectivity index (χ3n) is 7.40. The maximum absolute atomic E-state index is 15.2. The molecule has 1 heterocycles. The van der Waals surface area contributed by atoms with Gasteiger partial charge in [0.05, 0.1) is 19.6 Å². The molecule has 0 amide bonds. The van der Waals surface area contributed by atoms with Gasteiger partial charge in [-0.1, -0.05) is 12.1 Å². The van der Waals surface area contributed by atoms with Crippen LogP contribution in [0.25, 0.3) is 11.1 Å². The van der Waals surface area contributed by atoms with Crippen molar-refractivity contribution < 1.29 is 33.6 Å². The van der Waals surface area contributed by atoms with Gasteiger partial charge in [0, 0.05) is 23.1 Å². The number of fused-ring (bicyclic) bond motifs is 2. The fraction of sp³-hybridized carbons (Fsp3) is 0.387. The van der Waals surface area contributed by atoms with E-state index in [0.717, 1.165) is 33.4 Å². The van der Waals surface area contributed by atoms with Crippen LogP contribution in [0.2, 0.25) is 0 Å². The lowest BCUT2D eigenvalue weighted by molar-refractivity contribution is -0.137. The normalized spacial score (nSPS) is 18.1. The zero-order chi connectivity index (χ0) is 27.2. The van der Waals surface area contributed by atoms with Crippen LogP contribution in [0.5, 0.6) is 17.2 Å². The Balaban J connectivity index is 1.43. The van der Waals surface area contributed by atoms with E-state index < -0.39 is 17.7 Å². The van der Waals surface area contributed by atoms with Gasteiger partial charge < -0.3 is 24.4 Å². The summed E-state index contributed by atoms with van der Waals surface area (Å²) in [5.41, 5.74) is 5.76. The SMILES string of the molecule is Cc1cc(OC(C)(C)CO)cc(C)c1-c1ccc(F)c2c1CCC2Oc1ccc2c(c1)OCC2CC(=O)O. The van der Waals surface area contributed by atoms with Gasteiger partial charge in [-0.2, -0.15) is 0 Å². The fourth-order valence-corrected chi connectivity index (χ4v) is 5.66. The van der Waals surface area contributed by atoms with Gasteiger partial charge in [0.15, 0.2) is 0 Å². The van der Waals surface area contributed by atoms with Gasteiger partial charge in [0.25, 0.3) is 0 Å². The van der Waals surface area contributed by atoms with E-state index >= 15 is 4.39 Å². The Bertz CT molecular complexity index is 1370. The second-order valence-corrected chi connectivity index (χ2v) is 10.9. The molecule has 0 bridgehead atoms. The molecule has 1 aliphatic heterocycles. The van der Waals surface area contributed by atoms with Crippen molar-refractivity contribution >= 4 is 5.97 Å². The summed E-state index contributed by atoms with van der Waals surface area (Å²) in [6.45, 7) is 7.93. The van der Waals surface area contributed by atoms with E-state index in [4.69, 9.17) is 19.3 Å². The van der Waals surface area contributed by atoms with Gasteiger partial charge in [-0.05, 0) is 92.6 Å². The second-order valence-electron chi connectivity index (χ2n) is 10.9. The number of rotatable bonds is 8. The molecule has 200 valence electrons. The van der Waals surface area contributed by atoms with Crippen molar-refractivity contribution in [3.8, 4) is 28.4 Å². The minimum Gasteiger partial charge on any atom is -0.492 e. The Kier molecular flexibility index (Phi) is 6.82. The molecule has 0 fully saturated rings. The van der Waals surface area contributed by atoms with Crippen molar-refractivity contribution in [3.63, 3.8) is 0 Å². The topological polar surface area (TPSA) is 85.2 Å². The first-order valence-electron chi connectivity index (χ1n) is 12.9. The van der Waals surface area contributed by atoms with Gasteiger partial charge in [-0.15, -0.1) is 0 Å². The first-order chi connectivity index (χ1) is 18.1. The highest BCUT2D eigenvalue weighted by Gasteiger charge is 2.32. The maximum Gasteiger partial charge on any atom is 0.304 e. The van der Waals surface area contributed by atoms with E-state index in [1.165, 1.54) is 6.07 Å². The van der Waals surface area contributed by atoms with E-state index in [1.54, 1.807) is 6.07 Å². The molecule has 6 nitrogen and oxygen atoms in total. The number of carboxylic acids is 1. The molecule has 3 aromatic rings. The molecule has 38 heavy (non-hydrogen) atoms. The Morgan fingerprint density at radius 2 is 1.84 bits per heavy atom. The standard InChI is InChI=1S/C31H33FO6/c1-17-11-21(38-31(3,4)16-33)12-18(2)29(17)23-7-9-25(32)30-24(23)8-10-26(30)37-20-5-6-22-19(13-28(34)35)15-36-27(22)14-20/h5-7,9,11-12,14,19,26,33H,8,10,13,15-16H2,1-4H3,(H,34,35). The molecule has 2 unspecified atom stereocenters. The lowest BCUT2D eigenvalue weighted by Gasteiger charge is -2.25. The van der Waals surface area contributed by atoms with Crippen LogP contribution in [0.3, 0.4) is 0 Å². The van der Waals surface area contributed by atoms with Gasteiger partial charge in [0.2, 0.25) is 0 Å². The molecule has 0 saturated carbocycles. The second kappa shape index (κ2) is 9.95. The van der Waals surface area contributed by atoms with Gasteiger partial charge in [0.1, 0.15) is 34.8 Å². The monoisotopic (exact) mass is 520 g/mol. The zero-order valence-corrected chi connectivity index (χ0v) is 22.1. The van der Waals surface area contributed by atoms with E-state index in [2.05, 4.69) is 0 Å². The van der Waals surface area contributed by atoms with Crippen molar-refractivity contribution in [2.45, 2.75) is 64.6 Å². The third kappa shape index (κ3) is 4.95. The highest BCUT2D eigenvalue weighted by atomic mass is 19.1. The molecule has 2 atom stereocenters. The summed E-state index contributed by atoms with van der Waals surface area (Å²) in [4.78, 5) is 11.1. The minimum absolute atomic E-state index is 0.0162. The maximum atomic E-state index is 15.2. The highest BCUT2D eigenvalue weighted by Crippen LogP contribution is 2.45. The predicted octanol–water partition coefficient (Wildman–Crippen LogP) is 6.28. The van der Waals surface area contributed by atoms with Crippen LogP contribution in [-0.4, -0.2) is 35.0 Å². The molecule has 5 rings (SSSR count). The van der Waals surface area contributed by atoms with Crippen molar-refractivity contribution in [3.05, 3.63) is 76.1 Å². The van der Waals surface area contributed by atoms with Crippen molar-refractivity contribution in [2.24, 2.45) is 0 Å². The number of carboxylic acid groups (broad SMARTS) is 1. The number of hydrogen-bond donors (Lipinski definition) is 2. The van der Waals surface area contributed by atoms with Crippen molar-refractivity contribution in [1.29, 1.82) is 0 Å². The summed E-state index contributed by atoms with van der Waals surface area (Å²) in [5, 5.41) is 18.7. The van der Waals surface area contributed by atoms with Gasteiger partial charge in [-0.3, -0.25) is 4.79 Å². The third-order valence-corrected chi connectivity index (χ3v) is 7.40. The van der Waals surface area contributed by atoms with E-state index in [1.807, 2.05) is 58.0 Å². The van der Waals surface area contributed by atoms with Crippen LogP contribution >= 0.6 is 0 Å². The Morgan fingerprint density at radius 1 is 1.11 bits per heavy atom. The molecule has 0 aromatic heterocycles. The molecular formula is C31H33FO6. The number of halogens is 1. The summed E-state index contributed by atoms with van der Waals surface area (Å²) >= 11 is 0. The van der Waals surface area contributed by atoms with Crippen LogP contribution in [-0.2, 0) is 11.2 Å². The average Bonchev–Trinajstić information content (AvgIpc) is 3.44. The van der Waals surface area contributed by atoms with E-state index in [0.29, 0.717) is 42.3 Å². The summed E-state index contributed by atoms with van der Waals surface area (Å²) < 4.78 is 33.2. The molecule has 0 radical (unpaired) electrons. The molecular weight excluding hydrogens is 487 g/mol. The van der Waals surface area contributed by atoms with Crippen molar-refractivity contribution in [1.82, 2.24) is 0 Å². The first-order valence-corrected chi connectivity index (χ1v) is 12.9. The molecule has 2 N–H and O–H groups in total. The molecule has 0 spiro atoms.